The van der Waals surface area contributed by atoms with Crippen molar-refractivity contribution in [2.75, 3.05) is 71.0 Å². The van der Waals surface area contributed by atoms with Gasteiger partial charge in [-0.1, -0.05) is 66.7 Å². The van der Waals surface area contributed by atoms with Crippen LogP contribution >= 0.6 is 0 Å². The first-order valence-electron chi connectivity index (χ1n) is 31.2. The van der Waals surface area contributed by atoms with Crippen molar-refractivity contribution >= 4 is 33.7 Å². The van der Waals surface area contributed by atoms with Gasteiger partial charge in [-0.2, -0.15) is 233 Å². The molecule has 0 aliphatic heterocycles. The van der Waals surface area contributed by atoms with E-state index >= 15 is 211 Å². The van der Waals surface area contributed by atoms with Gasteiger partial charge in [0.05, 0.1) is 14.1 Å². The third-order valence-corrected chi connectivity index (χ3v) is 19.3. The second-order valence-corrected chi connectivity index (χ2v) is 25.7. The Morgan fingerprint density at radius 3 is 0.361 bits per heavy atom. The van der Waals surface area contributed by atoms with Crippen LogP contribution in [-0.4, -0.2) is 176 Å². The van der Waals surface area contributed by atoms with E-state index in [1.807, 2.05) is 6.07 Å². The first-order valence-corrected chi connectivity index (χ1v) is 31.2. The Kier molecular flexibility index (Phi) is 28.6. The van der Waals surface area contributed by atoms with Crippen molar-refractivity contribution in [3.8, 4) is 0 Å². The van der Waals surface area contributed by atoms with Crippen molar-refractivity contribution in [1.82, 2.24) is 0 Å². The summed E-state index contributed by atoms with van der Waals surface area (Å²) in [6.07, 6.45) is -141. The van der Waals surface area contributed by atoms with Crippen LogP contribution in [0.25, 0.3) is 0 Å². The lowest BCUT2D eigenvalue weighted by Crippen LogP contribution is -3.00. The Morgan fingerprint density at radius 1 is 0.180 bits per heavy atom. The van der Waals surface area contributed by atoms with Gasteiger partial charge >= 0.3 is 98.8 Å². The van der Waals surface area contributed by atoms with Crippen LogP contribution in [0.4, 0.5) is 216 Å². The number of halogens is 48. The molecule has 0 amide bonds. The average molecular weight is 1880 g/mol. The van der Waals surface area contributed by atoms with E-state index in [2.05, 4.69) is 76.3 Å². The SMILES string of the molecule is COC(c1cc([B-](c2cc(C(OC)(C(F)(F)F)C(F)(F)F)cc(C(OC)(C(F)(F)F)C(F)(F)F)c2)(c2cc(C(OC)(C(F)(F)F)C(F)(F)F)cc(C(OC)(C(F)(F)F)C(F)(F)F)c2)c2cc(C(OC)(C(F)(F)F)C(F)(F)F)cc(C(OC)(C(F)(F)F)C(F)(F)F)c2)cc(C(OC)(C(F)(F)F)C(F)(F)F)c1)(C(F)(F)F)C(F)(F)F.C[NH+](C)c1ccccc1. The van der Waals surface area contributed by atoms with Crippen LogP contribution in [0.2, 0.25) is 0 Å². The maximum atomic E-state index is 15.9. The number of hydrogen-bond acceptors (Lipinski definition) is 8. The molecule has 0 unspecified atom stereocenters. The van der Waals surface area contributed by atoms with Crippen LogP contribution in [0.5, 0.6) is 0 Å². The maximum Gasteiger partial charge on any atom is 0.430 e. The van der Waals surface area contributed by atoms with Gasteiger partial charge < -0.3 is 42.8 Å². The zero-order valence-electron chi connectivity index (χ0n) is 60.8. The summed E-state index contributed by atoms with van der Waals surface area (Å²) in [5.41, 5.74) is -111. The van der Waals surface area contributed by atoms with E-state index in [-0.39, 0.29) is 0 Å². The lowest BCUT2D eigenvalue weighted by molar-refractivity contribution is -0.786. The molecule has 0 fully saturated rings. The zero-order chi connectivity index (χ0) is 96.3. The van der Waals surface area contributed by atoms with Gasteiger partial charge in [-0.05, 0) is 80.9 Å². The fraction of sp³-hybridized carbons (Fsp3) is 0.531. The molecule has 1 N–H and O–H groups in total. The summed E-state index contributed by atoms with van der Waals surface area (Å²) >= 11 is 0. The second kappa shape index (κ2) is 32.7. The second-order valence-electron chi connectivity index (χ2n) is 25.7. The Morgan fingerprint density at radius 2 is 0.287 bits per heavy atom. The van der Waals surface area contributed by atoms with Gasteiger partial charge in [0.15, 0.2) is 0 Å². The number of rotatable bonds is 21. The van der Waals surface area contributed by atoms with Crippen LogP contribution in [0, 0.1) is 0 Å². The van der Waals surface area contributed by atoms with Crippen molar-refractivity contribution in [2.45, 2.75) is 144 Å². The van der Waals surface area contributed by atoms with Crippen LogP contribution in [0.1, 0.15) is 44.5 Å². The van der Waals surface area contributed by atoms with Gasteiger partial charge in [0.1, 0.15) is 11.8 Å². The predicted molar refractivity (Wildman–Crippen MR) is 315 cm³/mol. The highest BCUT2D eigenvalue weighted by atomic mass is 19.5. The third kappa shape index (κ3) is 16.3. The maximum absolute atomic E-state index is 15.9. The van der Waals surface area contributed by atoms with Gasteiger partial charge in [0.25, 0.3) is 44.8 Å². The van der Waals surface area contributed by atoms with Gasteiger partial charge in [-0.15, -0.1) is 0 Å². The summed E-state index contributed by atoms with van der Waals surface area (Å²) in [5.74, 6) is 0. The van der Waals surface area contributed by atoms with Crippen LogP contribution in [0.15, 0.2) is 103 Å². The highest BCUT2D eigenvalue weighted by Gasteiger charge is 2.82. The summed E-state index contributed by atoms with van der Waals surface area (Å²) in [4.78, 5) is 1.37. The lowest BCUT2D eigenvalue weighted by Gasteiger charge is -2.50. The van der Waals surface area contributed by atoms with E-state index < -0.39 is 346 Å². The molecule has 122 heavy (non-hydrogen) atoms. The number of nitrogens with one attached hydrogen (secondary N) is 1. The summed E-state index contributed by atoms with van der Waals surface area (Å²) in [5, 5.41) is 0. The Hall–Kier alpha value is -7.56. The fourth-order valence-corrected chi connectivity index (χ4v) is 13.9. The Balaban J connectivity index is 0.00000324. The van der Waals surface area contributed by atoms with Gasteiger partial charge in [-0.25, -0.2) is 0 Å². The van der Waals surface area contributed by atoms with Crippen LogP contribution in [0.3, 0.4) is 0 Å². The first kappa shape index (κ1) is 107. The summed E-state index contributed by atoms with van der Waals surface area (Å²) in [6, 6.07) is -16.0. The van der Waals surface area contributed by atoms with Crippen LogP contribution < -0.4 is 26.8 Å². The quantitative estimate of drug-likeness (QED) is 0.0575. The number of benzene rings is 5. The number of methoxy groups -OCH3 is 8. The van der Waals surface area contributed by atoms with Gasteiger partial charge in [0.2, 0.25) is 0 Å². The fourth-order valence-electron chi connectivity index (χ4n) is 13.9. The van der Waals surface area contributed by atoms with Crippen molar-refractivity contribution in [3.05, 3.63) is 148 Å². The highest BCUT2D eigenvalue weighted by molar-refractivity contribution is 7.20. The molecule has 5 aromatic rings. The van der Waals surface area contributed by atoms with E-state index in [0.29, 0.717) is 0 Å². The van der Waals surface area contributed by atoms with Crippen molar-refractivity contribution in [3.63, 3.8) is 0 Å². The summed E-state index contributed by atoms with van der Waals surface area (Å²) in [7, 11) is -5.46. The molecular weight excluding hydrogens is 1830 g/mol. The van der Waals surface area contributed by atoms with Gasteiger partial charge in [-0.3, -0.25) is 0 Å². The monoisotopic (exact) mass is 1880 g/mol. The molecule has 0 aromatic heterocycles. The minimum absolute atomic E-state index is 1.21. The molecule has 0 radical (unpaired) electrons. The van der Waals surface area contributed by atoms with E-state index in [1.54, 1.807) is 0 Å². The number of hydrogen-bond donors (Lipinski definition) is 1. The molecule has 0 bridgehead atoms. The molecule has 696 valence electrons. The van der Waals surface area contributed by atoms with Crippen molar-refractivity contribution in [2.24, 2.45) is 0 Å². The van der Waals surface area contributed by atoms with Crippen LogP contribution in [-0.2, 0) is 82.7 Å². The first-order chi connectivity index (χ1) is 54.1. The highest BCUT2D eigenvalue weighted by Crippen LogP contribution is 2.63. The van der Waals surface area contributed by atoms with Crippen molar-refractivity contribution < 1.29 is 254 Å². The molecule has 0 aliphatic rings. The smallest absolute Gasteiger partial charge is 0.357 e. The largest absolute Gasteiger partial charge is 0.430 e. The van der Waals surface area contributed by atoms with Gasteiger partial charge in [0, 0.05) is 56.9 Å². The number of ether oxygens (including phenoxy) is 8. The minimum Gasteiger partial charge on any atom is -0.357 e. The van der Waals surface area contributed by atoms with Crippen molar-refractivity contribution in [1.29, 1.82) is 0 Å². The number of para-hydroxylation sites is 1. The Bertz CT molecular complexity index is 3570. The molecule has 5 aromatic carbocycles. The van der Waals surface area contributed by atoms with E-state index in [0.717, 1.165) is 0 Å². The molecule has 0 heterocycles. The summed E-state index contributed by atoms with van der Waals surface area (Å²) in [6.45, 7) is 0. The lowest BCUT2D eigenvalue weighted by atomic mass is 9.12. The molecule has 5 rings (SSSR count). The standard InChI is InChI=1S/C56H36BF48O8.C8H11N/c1-106-33(41(58,59)60,42(61,62)63)21-9-22(34(107-2,43(64,65)66)44(67,68)69)14-29(13-21)57(30-15-23(35(108-3,45(70,71)72)46(73,74)75)10-24(16-30)36(109-4,47(76,77)78)48(79,80)81,31-17-25(37(110-5,49(82,83)84)50(85,86)87)11-26(18-31)38(111-6,51(88,89)90)52(91,92)93)32-19-27(39(112-7,53(94,95)96)54(97,98)99)12-28(20-32)40(113-8,55(100,101)102)56(103,104)105;1-9(2)8-6-4-3-5-7-8/h9-20H,1-8H3;3-7H,1-2H3/q-1;/p+1. The third-order valence-electron chi connectivity index (χ3n) is 19.3. The molecule has 0 saturated heterocycles. The topological polar surface area (TPSA) is 78.3 Å². The molecule has 0 spiro atoms. The molecule has 0 aliphatic carbocycles. The summed E-state index contributed by atoms with van der Waals surface area (Å²) < 4.78 is 792. The normalized spacial score (nSPS) is 15.3. The average Bonchev–Trinajstić information content (AvgIpc) is 0.678. The van der Waals surface area contributed by atoms with E-state index in [4.69, 9.17) is 0 Å². The molecule has 58 heteroatoms. The Labute approximate surface area is 648 Å². The molecular formula is C64H48BF48NO8. The number of quaternary nitrogens is 1. The zero-order valence-corrected chi connectivity index (χ0v) is 60.8. The van der Waals surface area contributed by atoms with E-state index in [1.165, 1.54) is 10.6 Å². The van der Waals surface area contributed by atoms with E-state index in [9.17, 15) is 0 Å². The number of alkyl halides is 48. The molecule has 0 saturated carbocycles. The molecule has 0 atom stereocenters. The molecule has 9 nitrogen and oxygen atoms in total. The minimum atomic E-state index is -8.82. The predicted octanol–water partition coefficient (Wildman–Crippen LogP) is 19.3.